The second-order valence-electron chi connectivity index (χ2n) is 5.96. The Morgan fingerprint density at radius 1 is 1.50 bits per heavy atom. The van der Waals surface area contributed by atoms with Crippen LogP contribution in [0.2, 0.25) is 0 Å². The highest BCUT2D eigenvalue weighted by Crippen LogP contribution is 2.22. The van der Waals surface area contributed by atoms with Crippen LogP contribution in [0.3, 0.4) is 0 Å². The molecule has 4 heteroatoms. The van der Waals surface area contributed by atoms with Crippen molar-refractivity contribution in [3.63, 3.8) is 0 Å². The van der Waals surface area contributed by atoms with Crippen molar-refractivity contribution in [2.45, 2.75) is 39.8 Å². The molecule has 0 radical (unpaired) electrons. The fourth-order valence-corrected chi connectivity index (χ4v) is 2.12. The van der Waals surface area contributed by atoms with Gasteiger partial charge in [0.05, 0.1) is 6.04 Å². The molecule has 0 spiro atoms. The van der Waals surface area contributed by atoms with Crippen LogP contribution in [0.1, 0.15) is 32.0 Å². The summed E-state index contributed by atoms with van der Waals surface area (Å²) in [4.78, 5) is 18.5. The molecule has 0 unspecified atom stereocenters. The fraction of sp³-hybridized carbons (Fsp3) is 0.571. The molecule has 4 nitrogen and oxygen atoms in total. The summed E-state index contributed by atoms with van der Waals surface area (Å²) in [6.45, 7) is 7.33. The van der Waals surface area contributed by atoms with Crippen LogP contribution in [0, 0.1) is 5.41 Å². The number of nitrogens with zero attached hydrogens (tertiary/aromatic N) is 2. The molecule has 18 heavy (non-hydrogen) atoms. The number of hydrogen-bond donors (Lipinski definition) is 1. The molecule has 0 aromatic carbocycles. The Hall–Kier alpha value is -1.42. The third-order valence-corrected chi connectivity index (χ3v) is 3.47. The molecular formula is C14H21N3O. The van der Waals surface area contributed by atoms with E-state index in [-0.39, 0.29) is 11.3 Å². The summed E-state index contributed by atoms with van der Waals surface area (Å²) in [5.41, 5.74) is 8.08. The van der Waals surface area contributed by atoms with Gasteiger partial charge in [0.2, 0.25) is 5.91 Å². The number of carbonyl (C=O) groups is 1. The second-order valence-corrected chi connectivity index (χ2v) is 5.96. The van der Waals surface area contributed by atoms with Gasteiger partial charge < -0.3 is 10.6 Å². The van der Waals surface area contributed by atoms with E-state index >= 15 is 0 Å². The minimum atomic E-state index is -0.448. The van der Waals surface area contributed by atoms with Crippen LogP contribution in [-0.4, -0.2) is 28.4 Å². The van der Waals surface area contributed by atoms with Crippen molar-refractivity contribution in [2.75, 3.05) is 6.54 Å². The summed E-state index contributed by atoms with van der Waals surface area (Å²) >= 11 is 0. The minimum absolute atomic E-state index is 0.0389. The summed E-state index contributed by atoms with van der Waals surface area (Å²) in [6.07, 6.45) is 2.62. The number of nitrogens with two attached hydrogens (primary N) is 1. The van der Waals surface area contributed by atoms with Crippen molar-refractivity contribution in [1.29, 1.82) is 0 Å². The minimum Gasteiger partial charge on any atom is -0.337 e. The summed E-state index contributed by atoms with van der Waals surface area (Å²) in [6, 6.07) is 3.50. The van der Waals surface area contributed by atoms with E-state index in [0.717, 1.165) is 17.7 Å². The molecule has 1 aliphatic rings. The fourth-order valence-electron chi connectivity index (χ4n) is 2.12. The van der Waals surface area contributed by atoms with Crippen molar-refractivity contribution in [3.05, 3.63) is 29.6 Å². The molecule has 98 valence electrons. The van der Waals surface area contributed by atoms with E-state index in [1.807, 2.05) is 37.8 Å². The van der Waals surface area contributed by atoms with E-state index < -0.39 is 6.04 Å². The van der Waals surface area contributed by atoms with Crippen LogP contribution in [0.5, 0.6) is 0 Å². The van der Waals surface area contributed by atoms with Gasteiger partial charge in [0.15, 0.2) is 0 Å². The molecule has 1 aliphatic heterocycles. The maximum absolute atomic E-state index is 12.3. The number of fused-ring (bicyclic) bond motifs is 1. The molecule has 2 heterocycles. The molecule has 0 fully saturated rings. The second kappa shape index (κ2) is 4.69. The first-order valence-corrected chi connectivity index (χ1v) is 6.37. The molecule has 2 rings (SSSR count). The van der Waals surface area contributed by atoms with Crippen molar-refractivity contribution in [2.24, 2.45) is 11.1 Å². The number of rotatable bonds is 1. The van der Waals surface area contributed by atoms with Gasteiger partial charge in [-0.15, -0.1) is 0 Å². The molecule has 1 atom stereocenters. The van der Waals surface area contributed by atoms with Crippen molar-refractivity contribution >= 4 is 5.91 Å². The van der Waals surface area contributed by atoms with Gasteiger partial charge in [0.25, 0.3) is 0 Å². The third-order valence-electron chi connectivity index (χ3n) is 3.47. The lowest BCUT2D eigenvalue weighted by Gasteiger charge is -2.34. The van der Waals surface area contributed by atoms with Crippen molar-refractivity contribution in [3.8, 4) is 0 Å². The molecular weight excluding hydrogens is 226 g/mol. The highest BCUT2D eigenvalue weighted by molar-refractivity contribution is 5.82. The van der Waals surface area contributed by atoms with Crippen LogP contribution >= 0.6 is 0 Å². The van der Waals surface area contributed by atoms with Crippen LogP contribution in [-0.2, 0) is 17.8 Å². The standard InChI is InChI=1S/C14H21N3O/c1-14(2,3)12(15)13(18)17-8-6-11-10(9-17)5-4-7-16-11/h4-5,7,12H,6,8-9,15H2,1-3H3/t12-/m0/s1. The van der Waals surface area contributed by atoms with Gasteiger partial charge in [0.1, 0.15) is 0 Å². The zero-order chi connectivity index (χ0) is 13.3. The lowest BCUT2D eigenvalue weighted by Crippen LogP contribution is -2.51. The molecule has 2 N–H and O–H groups in total. The number of carbonyl (C=O) groups excluding carboxylic acids is 1. The smallest absolute Gasteiger partial charge is 0.240 e. The number of amides is 1. The van der Waals surface area contributed by atoms with Crippen LogP contribution in [0.15, 0.2) is 18.3 Å². The highest BCUT2D eigenvalue weighted by Gasteiger charge is 2.32. The lowest BCUT2D eigenvalue weighted by atomic mass is 9.86. The zero-order valence-electron chi connectivity index (χ0n) is 11.3. The van der Waals surface area contributed by atoms with Gasteiger partial charge in [-0.05, 0) is 17.0 Å². The Morgan fingerprint density at radius 2 is 2.22 bits per heavy atom. The predicted octanol–water partition coefficient (Wildman–Crippen LogP) is 1.34. The quantitative estimate of drug-likeness (QED) is 0.814. The number of hydrogen-bond acceptors (Lipinski definition) is 3. The number of pyridine rings is 1. The summed E-state index contributed by atoms with van der Waals surface area (Å²) in [7, 11) is 0. The van der Waals surface area contributed by atoms with Crippen molar-refractivity contribution < 1.29 is 4.79 Å². The Bertz CT molecular complexity index is 451. The number of aromatic nitrogens is 1. The Morgan fingerprint density at radius 3 is 2.89 bits per heavy atom. The van der Waals surface area contributed by atoms with E-state index in [2.05, 4.69) is 4.98 Å². The van der Waals surface area contributed by atoms with Crippen LogP contribution in [0.4, 0.5) is 0 Å². The van der Waals surface area contributed by atoms with Crippen molar-refractivity contribution in [1.82, 2.24) is 9.88 Å². The Balaban J connectivity index is 2.12. The predicted molar refractivity (Wildman–Crippen MR) is 70.8 cm³/mol. The largest absolute Gasteiger partial charge is 0.337 e. The van der Waals surface area contributed by atoms with Gasteiger partial charge in [-0.25, -0.2) is 0 Å². The lowest BCUT2D eigenvalue weighted by molar-refractivity contribution is -0.135. The maximum Gasteiger partial charge on any atom is 0.240 e. The van der Waals surface area contributed by atoms with Gasteiger partial charge in [0, 0.05) is 31.4 Å². The summed E-state index contributed by atoms with van der Waals surface area (Å²) in [5, 5.41) is 0. The van der Waals surface area contributed by atoms with Crippen LogP contribution in [0.25, 0.3) is 0 Å². The van der Waals surface area contributed by atoms with Gasteiger partial charge in [-0.3, -0.25) is 9.78 Å². The first kappa shape index (κ1) is 13.0. The van der Waals surface area contributed by atoms with E-state index in [1.54, 1.807) is 6.20 Å². The SMILES string of the molecule is CC(C)(C)[C@@H](N)C(=O)N1CCc2ncccc2C1. The van der Waals surface area contributed by atoms with Crippen LogP contribution < -0.4 is 5.73 Å². The summed E-state index contributed by atoms with van der Waals surface area (Å²) in [5.74, 6) is 0.0389. The first-order chi connectivity index (χ1) is 8.39. The van der Waals surface area contributed by atoms with Gasteiger partial charge >= 0.3 is 0 Å². The average molecular weight is 247 g/mol. The Kier molecular flexibility index (Phi) is 3.39. The molecule has 0 saturated carbocycles. The highest BCUT2D eigenvalue weighted by atomic mass is 16.2. The van der Waals surface area contributed by atoms with E-state index in [9.17, 15) is 4.79 Å². The van der Waals surface area contributed by atoms with E-state index in [1.165, 1.54) is 0 Å². The average Bonchev–Trinajstić information content (AvgIpc) is 2.35. The Labute approximate surface area is 108 Å². The molecule has 1 amide bonds. The summed E-state index contributed by atoms with van der Waals surface area (Å²) < 4.78 is 0. The maximum atomic E-state index is 12.3. The zero-order valence-corrected chi connectivity index (χ0v) is 11.3. The van der Waals surface area contributed by atoms with E-state index in [0.29, 0.717) is 13.1 Å². The molecule has 0 aliphatic carbocycles. The van der Waals surface area contributed by atoms with Gasteiger partial charge in [-0.1, -0.05) is 26.8 Å². The van der Waals surface area contributed by atoms with E-state index in [4.69, 9.17) is 5.73 Å². The third kappa shape index (κ3) is 2.53. The molecule has 1 aromatic rings. The molecule has 0 bridgehead atoms. The first-order valence-electron chi connectivity index (χ1n) is 6.37. The molecule has 0 saturated heterocycles. The van der Waals surface area contributed by atoms with Gasteiger partial charge in [-0.2, -0.15) is 0 Å². The normalized spacial score (nSPS) is 17.2. The molecule has 1 aromatic heterocycles. The monoisotopic (exact) mass is 247 g/mol. The topological polar surface area (TPSA) is 59.2 Å².